The second-order valence-corrected chi connectivity index (χ2v) is 4.22. The Balaban J connectivity index is 2.89. The Kier molecular flexibility index (Phi) is 7.01. The average molecular weight is 291 g/mol. The lowest BCUT2D eigenvalue weighted by Crippen LogP contribution is -2.36. The van der Waals surface area contributed by atoms with Gasteiger partial charge in [-0.05, 0) is 26.0 Å². The highest BCUT2D eigenvalue weighted by Crippen LogP contribution is 2.20. The van der Waals surface area contributed by atoms with Crippen LogP contribution >= 0.6 is 0 Å². The fraction of sp³-hybridized carbons (Fsp3) is 0.375. The molecule has 0 heterocycles. The van der Waals surface area contributed by atoms with Gasteiger partial charge in [0.1, 0.15) is 18.9 Å². The Labute approximate surface area is 125 Å². The van der Waals surface area contributed by atoms with Crippen molar-refractivity contribution in [2.75, 3.05) is 26.3 Å². The molecule has 1 rings (SSSR count). The molecule has 0 saturated carbocycles. The van der Waals surface area contributed by atoms with Gasteiger partial charge in [0.25, 0.3) is 5.91 Å². The van der Waals surface area contributed by atoms with Gasteiger partial charge in [0.2, 0.25) is 0 Å². The van der Waals surface area contributed by atoms with Crippen LogP contribution in [0.1, 0.15) is 24.2 Å². The fourth-order valence-electron chi connectivity index (χ4n) is 1.78. The van der Waals surface area contributed by atoms with Crippen molar-refractivity contribution >= 4 is 11.9 Å². The largest absolute Gasteiger partial charge is 0.489 e. The summed E-state index contributed by atoms with van der Waals surface area (Å²) in [6.07, 6.45) is 1.61. The van der Waals surface area contributed by atoms with Gasteiger partial charge in [-0.2, -0.15) is 0 Å². The van der Waals surface area contributed by atoms with Crippen LogP contribution in [0.2, 0.25) is 0 Å². The van der Waals surface area contributed by atoms with Crippen molar-refractivity contribution in [1.82, 2.24) is 4.90 Å². The third-order valence-electron chi connectivity index (χ3n) is 2.77. The second-order valence-electron chi connectivity index (χ2n) is 4.22. The molecule has 0 unspecified atom stereocenters. The summed E-state index contributed by atoms with van der Waals surface area (Å²) in [7, 11) is 0. The van der Waals surface area contributed by atoms with Gasteiger partial charge in [0, 0.05) is 6.54 Å². The number of carbonyl (C=O) groups is 2. The summed E-state index contributed by atoms with van der Waals surface area (Å²) in [6, 6.07) is 6.94. The third-order valence-corrected chi connectivity index (χ3v) is 2.77. The normalized spacial score (nSPS) is 9.81. The van der Waals surface area contributed by atoms with Crippen molar-refractivity contribution < 1.29 is 19.1 Å². The maximum absolute atomic E-state index is 12.5. The Morgan fingerprint density at radius 1 is 1.29 bits per heavy atom. The van der Waals surface area contributed by atoms with E-state index >= 15 is 0 Å². The molecule has 0 saturated heterocycles. The summed E-state index contributed by atoms with van der Waals surface area (Å²) >= 11 is 0. The molecule has 5 heteroatoms. The van der Waals surface area contributed by atoms with Gasteiger partial charge in [-0.1, -0.05) is 24.8 Å². The van der Waals surface area contributed by atoms with Crippen LogP contribution in [-0.4, -0.2) is 43.1 Å². The van der Waals surface area contributed by atoms with Gasteiger partial charge < -0.3 is 14.4 Å². The maximum atomic E-state index is 12.5. The number of likely N-dealkylation sites (N-methyl/N-ethyl adjacent to an activating group) is 1. The minimum absolute atomic E-state index is 0.0705. The quantitative estimate of drug-likeness (QED) is 0.544. The summed E-state index contributed by atoms with van der Waals surface area (Å²) in [5.41, 5.74) is 0.422. The predicted molar refractivity (Wildman–Crippen MR) is 80.3 cm³/mol. The minimum atomic E-state index is -0.419. The maximum Gasteiger partial charge on any atom is 0.325 e. The number of para-hydroxylation sites is 1. The Bertz CT molecular complexity index is 499. The lowest BCUT2D eigenvalue weighted by atomic mass is 10.1. The molecule has 5 nitrogen and oxygen atoms in total. The molecule has 0 aliphatic carbocycles. The summed E-state index contributed by atoms with van der Waals surface area (Å²) in [4.78, 5) is 25.5. The first kappa shape index (κ1) is 16.8. The second kappa shape index (κ2) is 8.79. The number of carbonyl (C=O) groups excluding carboxylic acids is 2. The van der Waals surface area contributed by atoms with Gasteiger partial charge in [0.05, 0.1) is 12.2 Å². The molecule has 0 fully saturated rings. The van der Waals surface area contributed by atoms with Crippen LogP contribution in [0.5, 0.6) is 5.75 Å². The van der Waals surface area contributed by atoms with Gasteiger partial charge in [0.15, 0.2) is 0 Å². The molecule has 0 aliphatic heterocycles. The van der Waals surface area contributed by atoms with Crippen molar-refractivity contribution in [3.8, 4) is 5.75 Å². The predicted octanol–water partition coefficient (Wildman–Crippen LogP) is 2.28. The van der Waals surface area contributed by atoms with Crippen LogP contribution in [0.15, 0.2) is 36.9 Å². The molecule has 114 valence electrons. The summed E-state index contributed by atoms with van der Waals surface area (Å²) in [5, 5.41) is 0. The van der Waals surface area contributed by atoms with E-state index in [0.29, 0.717) is 31.1 Å². The monoisotopic (exact) mass is 291 g/mol. The zero-order valence-electron chi connectivity index (χ0n) is 12.5. The van der Waals surface area contributed by atoms with E-state index in [1.807, 2.05) is 6.92 Å². The average Bonchev–Trinajstić information content (AvgIpc) is 2.50. The van der Waals surface area contributed by atoms with E-state index in [9.17, 15) is 9.59 Å². The molecule has 0 radical (unpaired) electrons. The minimum Gasteiger partial charge on any atom is -0.489 e. The number of hydrogen-bond donors (Lipinski definition) is 0. The van der Waals surface area contributed by atoms with Crippen LogP contribution in [-0.2, 0) is 9.53 Å². The van der Waals surface area contributed by atoms with E-state index in [0.717, 1.165) is 0 Å². The van der Waals surface area contributed by atoms with Gasteiger partial charge in [-0.25, -0.2) is 0 Å². The van der Waals surface area contributed by atoms with E-state index in [-0.39, 0.29) is 12.5 Å². The summed E-state index contributed by atoms with van der Waals surface area (Å²) < 4.78 is 10.4. The molecular weight excluding hydrogens is 270 g/mol. The first-order chi connectivity index (χ1) is 10.1. The molecule has 0 bridgehead atoms. The van der Waals surface area contributed by atoms with Crippen molar-refractivity contribution in [2.24, 2.45) is 0 Å². The smallest absolute Gasteiger partial charge is 0.325 e. The van der Waals surface area contributed by atoms with Crippen molar-refractivity contribution in [3.63, 3.8) is 0 Å². The molecular formula is C16H21NO4. The van der Waals surface area contributed by atoms with Crippen LogP contribution in [0.3, 0.4) is 0 Å². The highest BCUT2D eigenvalue weighted by atomic mass is 16.5. The van der Waals surface area contributed by atoms with E-state index < -0.39 is 5.97 Å². The van der Waals surface area contributed by atoms with Gasteiger partial charge in [-0.3, -0.25) is 9.59 Å². The van der Waals surface area contributed by atoms with Crippen LogP contribution < -0.4 is 4.74 Å². The topological polar surface area (TPSA) is 55.8 Å². The lowest BCUT2D eigenvalue weighted by Gasteiger charge is -2.21. The van der Waals surface area contributed by atoms with Crippen molar-refractivity contribution in [1.29, 1.82) is 0 Å². The van der Waals surface area contributed by atoms with Gasteiger partial charge in [-0.15, -0.1) is 0 Å². The lowest BCUT2D eigenvalue weighted by molar-refractivity contribution is -0.143. The zero-order valence-corrected chi connectivity index (χ0v) is 12.5. The van der Waals surface area contributed by atoms with Crippen LogP contribution in [0.4, 0.5) is 0 Å². The highest BCUT2D eigenvalue weighted by molar-refractivity contribution is 5.98. The fourth-order valence-corrected chi connectivity index (χ4v) is 1.78. The number of hydrogen-bond acceptors (Lipinski definition) is 4. The molecule has 1 amide bonds. The number of esters is 1. The number of rotatable bonds is 8. The zero-order chi connectivity index (χ0) is 15.7. The van der Waals surface area contributed by atoms with E-state index in [4.69, 9.17) is 9.47 Å². The van der Waals surface area contributed by atoms with Gasteiger partial charge >= 0.3 is 5.97 Å². The Morgan fingerprint density at radius 3 is 2.62 bits per heavy atom. The molecule has 0 atom stereocenters. The molecule has 1 aromatic carbocycles. The van der Waals surface area contributed by atoms with Crippen molar-refractivity contribution in [2.45, 2.75) is 13.8 Å². The number of benzene rings is 1. The third kappa shape index (κ3) is 4.95. The summed E-state index contributed by atoms with van der Waals surface area (Å²) in [6.45, 7) is 8.07. The Morgan fingerprint density at radius 2 is 2.00 bits per heavy atom. The number of ether oxygens (including phenoxy) is 2. The molecule has 0 N–H and O–H groups in total. The number of amides is 1. The van der Waals surface area contributed by atoms with E-state index in [1.165, 1.54) is 4.90 Å². The molecule has 0 spiro atoms. The van der Waals surface area contributed by atoms with Crippen LogP contribution in [0, 0.1) is 0 Å². The van der Waals surface area contributed by atoms with E-state index in [2.05, 4.69) is 6.58 Å². The SMILES string of the molecule is C=CCOc1ccccc1C(=O)N(CC)CC(=O)OCC. The standard InChI is InChI=1S/C16H21NO4/c1-4-11-21-14-10-8-7-9-13(14)16(19)17(5-2)12-15(18)20-6-3/h4,7-10H,1,5-6,11-12H2,2-3H3. The Hall–Kier alpha value is -2.30. The van der Waals surface area contributed by atoms with Crippen LogP contribution in [0.25, 0.3) is 0 Å². The van der Waals surface area contributed by atoms with E-state index in [1.54, 1.807) is 37.3 Å². The van der Waals surface area contributed by atoms with Crippen molar-refractivity contribution in [3.05, 3.63) is 42.5 Å². The molecule has 0 aliphatic rings. The molecule has 1 aromatic rings. The molecule has 0 aromatic heterocycles. The highest BCUT2D eigenvalue weighted by Gasteiger charge is 2.20. The molecule has 21 heavy (non-hydrogen) atoms. The summed E-state index contributed by atoms with van der Waals surface area (Å²) in [5.74, 6) is -0.202. The number of nitrogens with zero attached hydrogens (tertiary/aromatic N) is 1. The first-order valence-corrected chi connectivity index (χ1v) is 6.91. The first-order valence-electron chi connectivity index (χ1n) is 6.91.